The molecule has 0 saturated carbocycles. The van der Waals surface area contributed by atoms with Crippen LogP contribution in [0.5, 0.6) is 5.75 Å². The van der Waals surface area contributed by atoms with E-state index in [9.17, 15) is 4.79 Å². The summed E-state index contributed by atoms with van der Waals surface area (Å²) >= 11 is 6.83. The fraction of sp³-hybridized carbons (Fsp3) is 0.333. The minimum Gasteiger partial charge on any atom is -0.489 e. The molecule has 2 rings (SSSR count). The van der Waals surface area contributed by atoms with E-state index >= 15 is 0 Å². The molecule has 0 spiro atoms. The first kappa shape index (κ1) is 21.3. The first-order valence-electron chi connectivity index (χ1n) is 9.06. The van der Waals surface area contributed by atoms with Gasteiger partial charge in [-0.25, -0.2) is 0 Å². The zero-order valence-electron chi connectivity index (χ0n) is 16.0. The molecule has 2 aromatic rings. The number of nitrogens with zero attached hydrogens (tertiary/aromatic N) is 1. The monoisotopic (exact) mass is 402 g/mol. The van der Waals surface area contributed by atoms with E-state index in [-0.39, 0.29) is 11.2 Å². The van der Waals surface area contributed by atoms with Crippen molar-refractivity contribution in [3.05, 3.63) is 60.2 Å². The molecule has 2 aromatic carbocycles. The number of thioether (sulfide) groups is 1. The maximum atomic E-state index is 12.4. The Morgan fingerprint density at radius 1 is 1.11 bits per heavy atom. The van der Waals surface area contributed by atoms with Crippen LogP contribution in [-0.4, -0.2) is 33.5 Å². The third-order valence-electron chi connectivity index (χ3n) is 4.04. The molecule has 0 radical (unpaired) electrons. The number of benzene rings is 2. The van der Waals surface area contributed by atoms with Crippen molar-refractivity contribution in [1.82, 2.24) is 4.90 Å². The molecule has 0 aliphatic carbocycles. The van der Waals surface area contributed by atoms with Gasteiger partial charge in [-0.15, -0.1) is 0 Å². The standard InChI is InChI=1S/C21H26N2O2S2/c1-4-23(5-2)21(26)27-16(3)20(24)22-18-11-13-19(14-12-18)25-15-17-9-7-6-8-10-17/h6-14,16H,4-5,15H2,1-3H3,(H,22,24)/t16-/m0/s1. The van der Waals surface area contributed by atoms with Crippen molar-refractivity contribution < 1.29 is 9.53 Å². The van der Waals surface area contributed by atoms with Crippen molar-refractivity contribution >= 4 is 39.9 Å². The van der Waals surface area contributed by atoms with Crippen LogP contribution in [0.3, 0.4) is 0 Å². The van der Waals surface area contributed by atoms with Crippen LogP contribution in [0.4, 0.5) is 5.69 Å². The molecule has 0 bridgehead atoms. The lowest BCUT2D eigenvalue weighted by Crippen LogP contribution is -2.31. The number of carbonyl (C=O) groups excluding carboxylic acids is 1. The topological polar surface area (TPSA) is 41.6 Å². The SMILES string of the molecule is CCN(CC)C(=S)S[C@@H](C)C(=O)Nc1ccc(OCc2ccccc2)cc1. The summed E-state index contributed by atoms with van der Waals surface area (Å²) in [7, 11) is 0. The van der Waals surface area contributed by atoms with Gasteiger partial charge in [-0.3, -0.25) is 4.79 Å². The summed E-state index contributed by atoms with van der Waals surface area (Å²) in [6, 6.07) is 17.4. The second-order valence-corrected chi connectivity index (χ2v) is 7.96. The van der Waals surface area contributed by atoms with E-state index in [1.54, 1.807) is 0 Å². The Bertz CT molecular complexity index is 732. The van der Waals surface area contributed by atoms with Gasteiger partial charge in [0.05, 0.1) is 5.25 Å². The van der Waals surface area contributed by atoms with Crippen LogP contribution < -0.4 is 10.1 Å². The number of ether oxygens (including phenoxy) is 1. The summed E-state index contributed by atoms with van der Waals surface area (Å²) in [5, 5.41) is 2.67. The zero-order chi connectivity index (χ0) is 19.6. The van der Waals surface area contributed by atoms with Crippen LogP contribution in [-0.2, 0) is 11.4 Å². The number of anilines is 1. The van der Waals surface area contributed by atoms with E-state index in [1.165, 1.54) is 11.8 Å². The Morgan fingerprint density at radius 3 is 2.33 bits per heavy atom. The highest BCUT2D eigenvalue weighted by atomic mass is 32.2. The fourth-order valence-electron chi connectivity index (χ4n) is 2.38. The Balaban J connectivity index is 1.84. The van der Waals surface area contributed by atoms with E-state index in [2.05, 4.69) is 24.1 Å². The van der Waals surface area contributed by atoms with Crippen molar-refractivity contribution in [1.29, 1.82) is 0 Å². The molecule has 4 nitrogen and oxygen atoms in total. The van der Waals surface area contributed by atoms with Gasteiger partial charge in [0.25, 0.3) is 0 Å². The second kappa shape index (κ2) is 10.9. The number of hydrogen-bond acceptors (Lipinski definition) is 4. The lowest BCUT2D eigenvalue weighted by molar-refractivity contribution is -0.115. The normalized spacial score (nSPS) is 11.5. The van der Waals surface area contributed by atoms with Gasteiger partial charge in [-0.1, -0.05) is 54.3 Å². The van der Waals surface area contributed by atoms with Crippen molar-refractivity contribution in [3.8, 4) is 5.75 Å². The maximum absolute atomic E-state index is 12.4. The average Bonchev–Trinajstić information content (AvgIpc) is 2.69. The van der Waals surface area contributed by atoms with Crippen LogP contribution in [0.1, 0.15) is 26.3 Å². The van der Waals surface area contributed by atoms with Crippen molar-refractivity contribution in [2.24, 2.45) is 0 Å². The third-order valence-corrected chi connectivity index (χ3v) is 5.61. The predicted molar refractivity (Wildman–Crippen MR) is 118 cm³/mol. The fourth-order valence-corrected chi connectivity index (χ4v) is 3.95. The minimum absolute atomic E-state index is 0.0625. The Kier molecular flexibility index (Phi) is 8.61. The van der Waals surface area contributed by atoms with Crippen LogP contribution in [0, 0.1) is 0 Å². The molecule has 144 valence electrons. The Hall–Kier alpha value is -2.05. The summed E-state index contributed by atoms with van der Waals surface area (Å²) in [5.74, 6) is 0.703. The molecule has 0 saturated heterocycles. The van der Waals surface area contributed by atoms with Crippen LogP contribution in [0.2, 0.25) is 0 Å². The Morgan fingerprint density at radius 2 is 1.74 bits per heavy atom. The maximum Gasteiger partial charge on any atom is 0.237 e. The van der Waals surface area contributed by atoms with Crippen LogP contribution in [0.25, 0.3) is 0 Å². The minimum atomic E-state index is -0.257. The quantitative estimate of drug-likeness (QED) is 0.633. The average molecular weight is 403 g/mol. The lowest BCUT2D eigenvalue weighted by Gasteiger charge is -2.22. The predicted octanol–water partition coefficient (Wildman–Crippen LogP) is 4.95. The van der Waals surface area contributed by atoms with Gasteiger partial charge < -0.3 is 15.0 Å². The highest BCUT2D eigenvalue weighted by molar-refractivity contribution is 8.23. The van der Waals surface area contributed by atoms with Crippen molar-refractivity contribution in [2.75, 3.05) is 18.4 Å². The molecule has 0 aliphatic heterocycles. The molecular weight excluding hydrogens is 376 g/mol. The number of rotatable bonds is 8. The smallest absolute Gasteiger partial charge is 0.237 e. The summed E-state index contributed by atoms with van der Waals surface area (Å²) in [5.41, 5.74) is 1.86. The van der Waals surface area contributed by atoms with E-state index in [1.807, 2.05) is 61.5 Å². The summed E-state index contributed by atoms with van der Waals surface area (Å²) in [6.07, 6.45) is 0. The number of nitrogens with one attached hydrogen (secondary N) is 1. The molecule has 1 amide bonds. The molecular formula is C21H26N2O2S2. The highest BCUT2D eigenvalue weighted by Crippen LogP contribution is 2.20. The molecule has 1 atom stereocenters. The zero-order valence-corrected chi connectivity index (χ0v) is 17.6. The molecule has 0 heterocycles. The molecule has 0 aromatic heterocycles. The van der Waals surface area contributed by atoms with Gasteiger partial charge >= 0.3 is 0 Å². The molecule has 1 N–H and O–H groups in total. The summed E-state index contributed by atoms with van der Waals surface area (Å²) in [4.78, 5) is 14.5. The van der Waals surface area contributed by atoms with E-state index in [4.69, 9.17) is 17.0 Å². The molecule has 0 fully saturated rings. The molecule has 6 heteroatoms. The van der Waals surface area contributed by atoms with E-state index < -0.39 is 0 Å². The first-order chi connectivity index (χ1) is 13.0. The summed E-state index contributed by atoms with van der Waals surface area (Å²) in [6.45, 7) is 8.20. The summed E-state index contributed by atoms with van der Waals surface area (Å²) < 4.78 is 6.52. The van der Waals surface area contributed by atoms with Gasteiger partial charge in [0.1, 0.15) is 16.7 Å². The van der Waals surface area contributed by atoms with E-state index in [0.717, 1.165) is 34.4 Å². The van der Waals surface area contributed by atoms with Gasteiger partial charge in [0, 0.05) is 18.8 Å². The molecule has 27 heavy (non-hydrogen) atoms. The Labute approximate surface area is 171 Å². The first-order valence-corrected chi connectivity index (χ1v) is 10.4. The van der Waals surface area contributed by atoms with Gasteiger partial charge in [0.15, 0.2) is 0 Å². The molecule has 0 aliphatic rings. The van der Waals surface area contributed by atoms with Crippen LogP contribution in [0.15, 0.2) is 54.6 Å². The number of amides is 1. The number of carbonyl (C=O) groups is 1. The highest BCUT2D eigenvalue weighted by Gasteiger charge is 2.18. The van der Waals surface area contributed by atoms with Crippen LogP contribution >= 0.6 is 24.0 Å². The second-order valence-electron chi connectivity index (χ2n) is 5.99. The lowest BCUT2D eigenvalue weighted by atomic mass is 10.2. The van der Waals surface area contributed by atoms with Gasteiger partial charge in [0.2, 0.25) is 5.91 Å². The number of thiocarbonyl (C=S) groups is 1. The van der Waals surface area contributed by atoms with Crippen molar-refractivity contribution in [2.45, 2.75) is 32.6 Å². The van der Waals surface area contributed by atoms with E-state index in [0.29, 0.717) is 6.61 Å². The van der Waals surface area contributed by atoms with Gasteiger partial charge in [-0.05, 0) is 50.6 Å². The van der Waals surface area contributed by atoms with Crippen molar-refractivity contribution in [3.63, 3.8) is 0 Å². The molecule has 0 unspecified atom stereocenters. The third kappa shape index (κ3) is 6.88. The largest absolute Gasteiger partial charge is 0.489 e. The number of hydrogen-bond donors (Lipinski definition) is 1. The van der Waals surface area contributed by atoms with Gasteiger partial charge in [-0.2, -0.15) is 0 Å².